The minimum absolute atomic E-state index is 0.264. The fourth-order valence-electron chi connectivity index (χ4n) is 4.25. The molecule has 1 aromatic heterocycles. The van der Waals surface area contributed by atoms with E-state index in [9.17, 15) is 0 Å². The van der Waals surface area contributed by atoms with Crippen molar-refractivity contribution < 1.29 is 14.0 Å². The number of nitrogens with zero attached hydrogens (tertiary/aromatic N) is 3. The van der Waals surface area contributed by atoms with Crippen LogP contribution in [0.3, 0.4) is 0 Å². The molecule has 122 valence electrons. The second-order valence-electron chi connectivity index (χ2n) is 7.02. The third kappa shape index (κ3) is 2.92. The molecule has 3 atom stereocenters. The molecule has 0 spiro atoms. The van der Waals surface area contributed by atoms with Gasteiger partial charge < -0.3 is 18.9 Å². The number of hydrogen-bond acceptors (Lipinski definition) is 6. The lowest BCUT2D eigenvalue weighted by atomic mass is 9.83. The standard InChI is InChI=1S/C16H25N3O3/c1-11-17-16(22-18-11)15-10-21-9-13-7-19(8-14(13)15)6-12-2-4-20-5-3-12/h12-15H,2-10H2,1H3/t13-,14-,15+/m0/s1. The number of rotatable bonds is 3. The maximum Gasteiger partial charge on any atom is 0.232 e. The maximum atomic E-state index is 5.82. The topological polar surface area (TPSA) is 60.6 Å². The molecule has 0 saturated carbocycles. The molecule has 3 aliphatic heterocycles. The SMILES string of the molecule is Cc1noc([C@@H]2COC[C@@H]3CN(CC4CCOCC4)C[C@@H]32)n1. The molecular formula is C16H25N3O3. The van der Waals surface area contributed by atoms with Crippen molar-refractivity contribution in [3.8, 4) is 0 Å². The molecule has 22 heavy (non-hydrogen) atoms. The summed E-state index contributed by atoms with van der Waals surface area (Å²) in [5.74, 6) is 3.73. The van der Waals surface area contributed by atoms with Crippen LogP contribution in [0.25, 0.3) is 0 Å². The van der Waals surface area contributed by atoms with Gasteiger partial charge in [0.05, 0.1) is 19.1 Å². The van der Waals surface area contributed by atoms with Crippen LogP contribution in [0.1, 0.15) is 30.5 Å². The van der Waals surface area contributed by atoms with Crippen molar-refractivity contribution in [3.05, 3.63) is 11.7 Å². The van der Waals surface area contributed by atoms with Crippen molar-refractivity contribution in [2.24, 2.45) is 17.8 Å². The molecule has 0 bridgehead atoms. The van der Waals surface area contributed by atoms with E-state index in [4.69, 9.17) is 14.0 Å². The normalized spacial score (nSPS) is 34.0. The van der Waals surface area contributed by atoms with E-state index in [1.54, 1.807) is 0 Å². The predicted molar refractivity (Wildman–Crippen MR) is 79.6 cm³/mol. The van der Waals surface area contributed by atoms with Gasteiger partial charge in [-0.25, -0.2) is 0 Å². The predicted octanol–water partition coefficient (Wildman–Crippen LogP) is 1.47. The number of aromatic nitrogens is 2. The number of fused-ring (bicyclic) bond motifs is 1. The third-order valence-corrected chi connectivity index (χ3v) is 5.43. The Morgan fingerprint density at radius 1 is 1.14 bits per heavy atom. The molecule has 6 heteroatoms. The first-order valence-electron chi connectivity index (χ1n) is 8.47. The minimum atomic E-state index is 0.264. The zero-order valence-electron chi connectivity index (χ0n) is 13.2. The number of hydrogen-bond donors (Lipinski definition) is 0. The lowest BCUT2D eigenvalue weighted by molar-refractivity contribution is 0.00989. The summed E-state index contributed by atoms with van der Waals surface area (Å²) in [5, 5.41) is 3.95. The lowest BCUT2D eigenvalue weighted by Crippen LogP contribution is -2.33. The Labute approximate surface area is 131 Å². The Morgan fingerprint density at radius 3 is 2.77 bits per heavy atom. The van der Waals surface area contributed by atoms with Crippen molar-refractivity contribution in [1.82, 2.24) is 15.0 Å². The zero-order chi connectivity index (χ0) is 14.9. The molecule has 3 aliphatic rings. The van der Waals surface area contributed by atoms with Gasteiger partial charge in [0.1, 0.15) is 0 Å². The van der Waals surface area contributed by atoms with Gasteiger partial charge in [-0.3, -0.25) is 0 Å². The molecule has 3 saturated heterocycles. The summed E-state index contributed by atoms with van der Waals surface area (Å²) in [7, 11) is 0. The Hall–Kier alpha value is -0.980. The highest BCUT2D eigenvalue weighted by molar-refractivity contribution is 5.03. The Kier molecular flexibility index (Phi) is 4.15. The number of aryl methyl sites for hydroxylation is 1. The molecule has 0 amide bonds. The Balaban J connectivity index is 1.41. The minimum Gasteiger partial charge on any atom is -0.381 e. The van der Waals surface area contributed by atoms with E-state index in [0.717, 1.165) is 44.7 Å². The molecule has 0 aliphatic carbocycles. The first-order chi connectivity index (χ1) is 10.8. The number of likely N-dealkylation sites (tertiary alicyclic amines) is 1. The van der Waals surface area contributed by atoms with Crippen molar-refractivity contribution in [3.63, 3.8) is 0 Å². The average Bonchev–Trinajstić information content (AvgIpc) is 3.13. The van der Waals surface area contributed by atoms with Gasteiger partial charge in [-0.15, -0.1) is 0 Å². The molecular weight excluding hydrogens is 282 g/mol. The van der Waals surface area contributed by atoms with Crippen LogP contribution >= 0.6 is 0 Å². The van der Waals surface area contributed by atoms with Gasteiger partial charge in [-0.1, -0.05) is 5.16 Å². The third-order valence-electron chi connectivity index (χ3n) is 5.43. The second kappa shape index (κ2) is 6.26. The number of ether oxygens (including phenoxy) is 2. The van der Waals surface area contributed by atoms with E-state index in [1.165, 1.54) is 19.4 Å². The van der Waals surface area contributed by atoms with Crippen LogP contribution < -0.4 is 0 Å². The quantitative estimate of drug-likeness (QED) is 0.843. The lowest BCUT2D eigenvalue weighted by Gasteiger charge is -2.30. The Morgan fingerprint density at radius 2 is 2.00 bits per heavy atom. The summed E-state index contributed by atoms with van der Waals surface area (Å²) in [6.07, 6.45) is 2.41. The maximum absolute atomic E-state index is 5.82. The average molecular weight is 307 g/mol. The van der Waals surface area contributed by atoms with Crippen LogP contribution in [-0.2, 0) is 9.47 Å². The van der Waals surface area contributed by atoms with Crippen LogP contribution in [0.5, 0.6) is 0 Å². The van der Waals surface area contributed by atoms with Crippen LogP contribution in [0.2, 0.25) is 0 Å². The van der Waals surface area contributed by atoms with Gasteiger partial charge in [0, 0.05) is 32.8 Å². The molecule has 4 rings (SSSR count). The van der Waals surface area contributed by atoms with Crippen molar-refractivity contribution >= 4 is 0 Å². The summed E-state index contributed by atoms with van der Waals surface area (Å²) in [5.41, 5.74) is 0. The monoisotopic (exact) mass is 307 g/mol. The first-order valence-corrected chi connectivity index (χ1v) is 8.47. The highest BCUT2D eigenvalue weighted by atomic mass is 16.5. The fourth-order valence-corrected chi connectivity index (χ4v) is 4.25. The zero-order valence-corrected chi connectivity index (χ0v) is 13.2. The van der Waals surface area contributed by atoms with Crippen LogP contribution in [-0.4, -0.2) is 61.1 Å². The van der Waals surface area contributed by atoms with E-state index in [-0.39, 0.29) is 5.92 Å². The van der Waals surface area contributed by atoms with Crippen LogP contribution in [0.15, 0.2) is 4.52 Å². The molecule has 0 N–H and O–H groups in total. The van der Waals surface area contributed by atoms with Crippen molar-refractivity contribution in [1.29, 1.82) is 0 Å². The van der Waals surface area contributed by atoms with Gasteiger partial charge in [0.15, 0.2) is 5.82 Å². The smallest absolute Gasteiger partial charge is 0.232 e. The molecule has 3 fully saturated rings. The molecule has 1 aromatic rings. The summed E-state index contributed by atoms with van der Waals surface area (Å²) < 4.78 is 16.7. The summed E-state index contributed by atoms with van der Waals surface area (Å²) in [4.78, 5) is 7.06. The van der Waals surface area contributed by atoms with Crippen LogP contribution in [0, 0.1) is 24.7 Å². The summed E-state index contributed by atoms with van der Waals surface area (Å²) >= 11 is 0. The largest absolute Gasteiger partial charge is 0.381 e. The fraction of sp³-hybridized carbons (Fsp3) is 0.875. The van der Waals surface area contributed by atoms with Gasteiger partial charge in [-0.2, -0.15) is 4.98 Å². The molecule has 6 nitrogen and oxygen atoms in total. The summed E-state index contributed by atoms with van der Waals surface area (Å²) in [6, 6.07) is 0. The van der Waals surface area contributed by atoms with Gasteiger partial charge in [0.2, 0.25) is 5.89 Å². The second-order valence-corrected chi connectivity index (χ2v) is 7.02. The van der Waals surface area contributed by atoms with Crippen molar-refractivity contribution in [2.75, 3.05) is 46.1 Å². The highest BCUT2D eigenvalue weighted by Gasteiger charge is 2.44. The van der Waals surface area contributed by atoms with E-state index < -0.39 is 0 Å². The van der Waals surface area contributed by atoms with E-state index in [2.05, 4.69) is 15.0 Å². The molecule has 0 radical (unpaired) electrons. The highest BCUT2D eigenvalue weighted by Crippen LogP contribution is 2.39. The first kappa shape index (κ1) is 14.6. The summed E-state index contributed by atoms with van der Waals surface area (Å²) in [6.45, 7) is 8.80. The molecule has 0 unspecified atom stereocenters. The molecule has 4 heterocycles. The van der Waals surface area contributed by atoms with Crippen LogP contribution in [0.4, 0.5) is 0 Å². The van der Waals surface area contributed by atoms with E-state index in [0.29, 0.717) is 24.3 Å². The van der Waals surface area contributed by atoms with Gasteiger partial charge in [0.25, 0.3) is 0 Å². The van der Waals surface area contributed by atoms with Gasteiger partial charge >= 0.3 is 0 Å². The molecule has 0 aromatic carbocycles. The van der Waals surface area contributed by atoms with Gasteiger partial charge in [-0.05, 0) is 37.5 Å². The van der Waals surface area contributed by atoms with Crippen molar-refractivity contribution in [2.45, 2.75) is 25.7 Å². The van der Waals surface area contributed by atoms with E-state index >= 15 is 0 Å². The Bertz CT molecular complexity index is 501. The van der Waals surface area contributed by atoms with E-state index in [1.807, 2.05) is 6.92 Å².